The lowest BCUT2D eigenvalue weighted by atomic mass is 10.1. The van der Waals surface area contributed by atoms with Crippen LogP contribution in [0, 0.1) is 0 Å². The number of aromatic nitrogens is 2. The van der Waals surface area contributed by atoms with Gasteiger partial charge >= 0.3 is 0 Å². The fourth-order valence-electron chi connectivity index (χ4n) is 1.86. The summed E-state index contributed by atoms with van der Waals surface area (Å²) in [5.41, 5.74) is 6.82. The van der Waals surface area contributed by atoms with Crippen LogP contribution in [0.25, 0.3) is 10.3 Å². The molecule has 2 aromatic rings. The molecule has 4 heteroatoms. The van der Waals surface area contributed by atoms with Crippen molar-refractivity contribution in [3.63, 3.8) is 0 Å². The molecule has 2 heterocycles. The van der Waals surface area contributed by atoms with Gasteiger partial charge in [-0.15, -0.1) is 0 Å². The van der Waals surface area contributed by atoms with Crippen molar-refractivity contribution in [2.75, 3.05) is 0 Å². The van der Waals surface area contributed by atoms with E-state index in [1.165, 1.54) is 0 Å². The van der Waals surface area contributed by atoms with Gasteiger partial charge in [-0.2, -0.15) is 0 Å². The fraction of sp³-hybridized carbons (Fsp3) is 0.273. The Hall–Kier alpha value is -1.26. The number of hydrogen-bond donors (Lipinski definition) is 1. The van der Waals surface area contributed by atoms with Crippen molar-refractivity contribution in [3.8, 4) is 0 Å². The van der Waals surface area contributed by atoms with E-state index >= 15 is 0 Å². The molecule has 0 radical (unpaired) electrons. The van der Waals surface area contributed by atoms with E-state index in [9.17, 15) is 0 Å². The second kappa shape index (κ2) is 3.40. The van der Waals surface area contributed by atoms with Crippen LogP contribution in [0.5, 0.6) is 0 Å². The van der Waals surface area contributed by atoms with Gasteiger partial charge in [0.2, 0.25) is 0 Å². The summed E-state index contributed by atoms with van der Waals surface area (Å²) in [4.78, 5) is 9.89. The summed E-state index contributed by atoms with van der Waals surface area (Å²) < 4.78 is 0. The third-order valence-corrected chi connectivity index (χ3v) is 3.73. The quantitative estimate of drug-likeness (QED) is 0.744. The molecule has 0 fully saturated rings. The molecular formula is C11H11N3S. The van der Waals surface area contributed by atoms with Crippen molar-refractivity contribution in [3.05, 3.63) is 35.5 Å². The highest BCUT2D eigenvalue weighted by Crippen LogP contribution is 2.32. The lowest BCUT2D eigenvalue weighted by molar-refractivity contribution is 0.708. The third-order valence-electron chi connectivity index (χ3n) is 2.62. The van der Waals surface area contributed by atoms with Gasteiger partial charge < -0.3 is 5.73 Å². The minimum atomic E-state index is 0.190. The van der Waals surface area contributed by atoms with Gasteiger partial charge in [-0.1, -0.05) is 23.5 Å². The first-order chi connectivity index (χ1) is 7.33. The Morgan fingerprint density at radius 2 is 2.33 bits per heavy atom. The standard InChI is InChI=1S/C11H11N3S/c12-8-4-3-7(6-8)10-14-9-2-1-5-13-11(9)15-10/h1-5,7-8H,6,12H2. The Kier molecular flexibility index (Phi) is 2.04. The summed E-state index contributed by atoms with van der Waals surface area (Å²) in [6, 6.07) is 4.11. The van der Waals surface area contributed by atoms with E-state index in [-0.39, 0.29) is 6.04 Å². The zero-order chi connectivity index (χ0) is 10.3. The van der Waals surface area contributed by atoms with Gasteiger partial charge in [0.1, 0.15) is 15.4 Å². The Morgan fingerprint density at radius 1 is 1.40 bits per heavy atom. The average molecular weight is 217 g/mol. The number of rotatable bonds is 1. The number of nitrogens with two attached hydrogens (primary N) is 1. The van der Waals surface area contributed by atoms with Crippen LogP contribution in [-0.2, 0) is 0 Å². The van der Waals surface area contributed by atoms with E-state index in [0.717, 1.165) is 21.8 Å². The van der Waals surface area contributed by atoms with Crippen LogP contribution in [0.15, 0.2) is 30.5 Å². The molecule has 3 rings (SSSR count). The topological polar surface area (TPSA) is 51.8 Å². The van der Waals surface area contributed by atoms with E-state index < -0.39 is 0 Å². The monoisotopic (exact) mass is 217 g/mol. The van der Waals surface area contributed by atoms with Crippen LogP contribution < -0.4 is 5.73 Å². The van der Waals surface area contributed by atoms with Gasteiger partial charge in [-0.05, 0) is 18.6 Å². The van der Waals surface area contributed by atoms with Gasteiger partial charge in [0.15, 0.2) is 0 Å². The Labute approximate surface area is 91.7 Å². The molecule has 15 heavy (non-hydrogen) atoms. The first kappa shape index (κ1) is 9.00. The molecule has 0 saturated carbocycles. The fourth-order valence-corrected chi connectivity index (χ4v) is 2.86. The van der Waals surface area contributed by atoms with Crippen molar-refractivity contribution in [1.29, 1.82) is 0 Å². The van der Waals surface area contributed by atoms with Crippen molar-refractivity contribution >= 4 is 21.7 Å². The third kappa shape index (κ3) is 1.56. The molecule has 2 aromatic heterocycles. The minimum absolute atomic E-state index is 0.190. The first-order valence-electron chi connectivity index (χ1n) is 4.98. The Bertz CT molecular complexity index is 484. The van der Waals surface area contributed by atoms with Crippen molar-refractivity contribution in [2.24, 2.45) is 5.73 Å². The molecule has 2 atom stereocenters. The number of thiazole rings is 1. The summed E-state index contributed by atoms with van der Waals surface area (Å²) in [6.07, 6.45) is 6.99. The summed E-state index contributed by atoms with van der Waals surface area (Å²) in [7, 11) is 0. The van der Waals surface area contributed by atoms with Crippen LogP contribution in [0.1, 0.15) is 17.3 Å². The van der Waals surface area contributed by atoms with E-state index in [2.05, 4.69) is 22.1 Å². The van der Waals surface area contributed by atoms with Crippen LogP contribution in [0.3, 0.4) is 0 Å². The Morgan fingerprint density at radius 3 is 3.07 bits per heavy atom. The largest absolute Gasteiger partial charge is 0.324 e. The zero-order valence-corrected chi connectivity index (χ0v) is 8.95. The van der Waals surface area contributed by atoms with Gasteiger partial charge in [-0.25, -0.2) is 9.97 Å². The summed E-state index contributed by atoms with van der Waals surface area (Å²) >= 11 is 1.67. The molecule has 1 aliphatic rings. The van der Waals surface area contributed by atoms with Crippen molar-refractivity contribution in [2.45, 2.75) is 18.4 Å². The molecule has 1 aliphatic carbocycles. The molecule has 3 nitrogen and oxygen atoms in total. The highest BCUT2D eigenvalue weighted by atomic mass is 32.1. The molecular weight excluding hydrogens is 206 g/mol. The van der Waals surface area contributed by atoms with Crippen molar-refractivity contribution in [1.82, 2.24) is 9.97 Å². The molecule has 2 N–H and O–H groups in total. The summed E-state index contributed by atoms with van der Waals surface area (Å²) in [5.74, 6) is 0.388. The highest BCUT2D eigenvalue weighted by molar-refractivity contribution is 7.18. The molecule has 2 unspecified atom stereocenters. The van der Waals surface area contributed by atoms with Gasteiger partial charge in [0.05, 0.1) is 0 Å². The second-order valence-corrected chi connectivity index (χ2v) is 4.78. The molecule has 0 aromatic carbocycles. The van der Waals surface area contributed by atoms with Crippen LogP contribution in [0.4, 0.5) is 0 Å². The van der Waals surface area contributed by atoms with E-state index in [1.54, 1.807) is 17.5 Å². The lowest BCUT2D eigenvalue weighted by Gasteiger charge is -2.03. The highest BCUT2D eigenvalue weighted by Gasteiger charge is 2.20. The Balaban J connectivity index is 2.02. The number of fused-ring (bicyclic) bond motifs is 1. The predicted molar refractivity (Wildman–Crippen MR) is 61.9 cm³/mol. The van der Waals surface area contributed by atoms with Crippen LogP contribution >= 0.6 is 11.3 Å². The lowest BCUT2D eigenvalue weighted by Crippen LogP contribution is -2.14. The van der Waals surface area contributed by atoms with Crippen LogP contribution in [-0.4, -0.2) is 16.0 Å². The van der Waals surface area contributed by atoms with Gasteiger partial charge in [0, 0.05) is 18.2 Å². The zero-order valence-electron chi connectivity index (χ0n) is 8.13. The molecule has 76 valence electrons. The SMILES string of the molecule is NC1C=CC(c2nc3cccnc3s2)C1. The van der Waals surface area contributed by atoms with Gasteiger partial charge in [-0.3, -0.25) is 0 Å². The number of nitrogens with zero attached hydrogens (tertiary/aromatic N) is 2. The van der Waals surface area contributed by atoms with E-state index in [1.807, 2.05) is 12.1 Å². The van der Waals surface area contributed by atoms with E-state index in [0.29, 0.717) is 5.92 Å². The molecule has 0 bridgehead atoms. The number of hydrogen-bond acceptors (Lipinski definition) is 4. The minimum Gasteiger partial charge on any atom is -0.324 e. The number of pyridine rings is 1. The maximum atomic E-state index is 5.83. The first-order valence-corrected chi connectivity index (χ1v) is 5.80. The van der Waals surface area contributed by atoms with Crippen molar-refractivity contribution < 1.29 is 0 Å². The molecule has 0 aliphatic heterocycles. The number of allylic oxidation sites excluding steroid dienone is 1. The predicted octanol–water partition coefficient (Wildman–Crippen LogP) is 2.06. The second-order valence-electron chi connectivity index (χ2n) is 3.77. The maximum absolute atomic E-state index is 5.83. The van der Waals surface area contributed by atoms with Crippen LogP contribution in [0.2, 0.25) is 0 Å². The molecule has 0 amide bonds. The van der Waals surface area contributed by atoms with Gasteiger partial charge in [0.25, 0.3) is 0 Å². The summed E-state index contributed by atoms with van der Waals surface area (Å²) in [6.45, 7) is 0. The molecule has 0 spiro atoms. The average Bonchev–Trinajstić information content (AvgIpc) is 2.82. The maximum Gasteiger partial charge on any atom is 0.143 e. The molecule has 0 saturated heterocycles. The van der Waals surface area contributed by atoms with E-state index in [4.69, 9.17) is 5.73 Å². The summed E-state index contributed by atoms with van der Waals surface area (Å²) in [5, 5.41) is 1.13. The normalized spacial score (nSPS) is 25.1. The smallest absolute Gasteiger partial charge is 0.143 e.